The normalized spacial score (nSPS) is 13.9. The van der Waals surface area contributed by atoms with Gasteiger partial charge in [0.05, 0.1) is 48.9 Å². The molecule has 2 N–H and O–H groups in total. The number of benzene rings is 1. The minimum atomic E-state index is -0.328. The number of hydrogen-bond acceptors (Lipinski definition) is 5. The summed E-state index contributed by atoms with van der Waals surface area (Å²) < 4.78 is 20.8. The first kappa shape index (κ1) is 22.6. The maximum atomic E-state index is 13.4. The SMILES string of the molecule is CC(C)[C@@H](NC(=O)c1cc(C(=O)NCc2cnccn2)c2n1CCOC2)c1ccc(F)cc1. The first-order valence-electron chi connectivity index (χ1n) is 10.8. The molecule has 0 saturated carbocycles. The number of aromatic nitrogens is 3. The van der Waals surface area contributed by atoms with Gasteiger partial charge in [-0.2, -0.15) is 0 Å². The van der Waals surface area contributed by atoms with Crippen LogP contribution >= 0.6 is 0 Å². The summed E-state index contributed by atoms with van der Waals surface area (Å²) in [6.45, 7) is 5.36. The highest BCUT2D eigenvalue weighted by molar-refractivity contribution is 6.00. The van der Waals surface area contributed by atoms with E-state index in [0.29, 0.717) is 35.8 Å². The zero-order valence-electron chi connectivity index (χ0n) is 18.5. The van der Waals surface area contributed by atoms with Crippen molar-refractivity contribution in [2.24, 2.45) is 5.92 Å². The topological polar surface area (TPSA) is 98.1 Å². The molecule has 0 unspecified atom stereocenters. The van der Waals surface area contributed by atoms with Crippen LogP contribution in [0, 0.1) is 11.7 Å². The highest BCUT2D eigenvalue weighted by atomic mass is 19.1. The summed E-state index contributed by atoms with van der Waals surface area (Å²) in [7, 11) is 0. The molecule has 9 heteroatoms. The average molecular weight is 452 g/mol. The Hall–Kier alpha value is -3.59. The molecule has 1 aromatic carbocycles. The fourth-order valence-electron chi connectivity index (χ4n) is 3.92. The second-order valence-electron chi connectivity index (χ2n) is 8.22. The van der Waals surface area contributed by atoms with E-state index in [1.807, 2.05) is 18.4 Å². The van der Waals surface area contributed by atoms with Gasteiger partial charge in [0.1, 0.15) is 11.5 Å². The van der Waals surface area contributed by atoms with E-state index in [1.165, 1.54) is 12.1 Å². The summed E-state index contributed by atoms with van der Waals surface area (Å²) in [4.78, 5) is 34.4. The Bertz CT molecular complexity index is 1130. The summed E-state index contributed by atoms with van der Waals surface area (Å²) in [6, 6.07) is 7.41. The molecule has 3 heterocycles. The number of nitrogens with one attached hydrogen (secondary N) is 2. The summed E-state index contributed by atoms with van der Waals surface area (Å²) in [5, 5.41) is 5.89. The van der Waals surface area contributed by atoms with E-state index in [4.69, 9.17) is 4.74 Å². The molecule has 33 heavy (non-hydrogen) atoms. The molecule has 0 bridgehead atoms. The summed E-state index contributed by atoms with van der Waals surface area (Å²) in [5.41, 5.74) is 2.89. The number of carbonyl (C=O) groups excluding carboxylic acids is 2. The van der Waals surface area contributed by atoms with E-state index < -0.39 is 0 Å². The van der Waals surface area contributed by atoms with Crippen molar-refractivity contribution in [3.63, 3.8) is 0 Å². The lowest BCUT2D eigenvalue weighted by molar-refractivity contribution is 0.0773. The molecule has 2 amide bonds. The van der Waals surface area contributed by atoms with Crippen LogP contribution in [0.5, 0.6) is 0 Å². The first-order valence-corrected chi connectivity index (χ1v) is 10.8. The van der Waals surface area contributed by atoms with Crippen molar-refractivity contribution < 1.29 is 18.7 Å². The predicted octanol–water partition coefficient (Wildman–Crippen LogP) is 3.00. The van der Waals surface area contributed by atoms with Gasteiger partial charge < -0.3 is 19.9 Å². The van der Waals surface area contributed by atoms with Crippen molar-refractivity contribution in [2.75, 3.05) is 6.61 Å². The summed E-state index contributed by atoms with van der Waals surface area (Å²) >= 11 is 0. The molecular weight excluding hydrogens is 425 g/mol. The molecule has 2 aromatic heterocycles. The Morgan fingerprint density at radius 3 is 2.67 bits per heavy atom. The van der Waals surface area contributed by atoms with Gasteiger partial charge in [0.25, 0.3) is 11.8 Å². The van der Waals surface area contributed by atoms with E-state index in [0.717, 1.165) is 5.56 Å². The predicted molar refractivity (Wildman–Crippen MR) is 119 cm³/mol. The molecule has 3 aromatic rings. The fraction of sp³-hybridized carbons (Fsp3) is 0.333. The number of hydrogen-bond donors (Lipinski definition) is 2. The van der Waals surface area contributed by atoms with Gasteiger partial charge in [0.2, 0.25) is 0 Å². The standard InChI is InChI=1S/C24H26FN5O3/c1-15(2)22(16-3-5-17(25)6-4-16)29-24(32)20-11-19(21-14-33-10-9-30(20)21)23(31)28-13-18-12-26-7-8-27-18/h3-8,11-12,15,22H,9-10,13-14H2,1-2H3,(H,28,31)(H,29,32)/t22-/m1/s1. The van der Waals surface area contributed by atoms with E-state index in [-0.39, 0.29) is 42.7 Å². The lowest BCUT2D eigenvalue weighted by Crippen LogP contribution is -2.34. The second kappa shape index (κ2) is 9.91. The molecule has 1 aliphatic rings. The largest absolute Gasteiger partial charge is 0.373 e. The lowest BCUT2D eigenvalue weighted by Gasteiger charge is -2.24. The molecule has 0 radical (unpaired) electrons. The number of rotatable bonds is 7. The minimum absolute atomic E-state index is 0.0771. The summed E-state index contributed by atoms with van der Waals surface area (Å²) in [5.74, 6) is -0.860. The third-order valence-corrected chi connectivity index (χ3v) is 5.61. The van der Waals surface area contributed by atoms with Crippen molar-refractivity contribution >= 4 is 11.8 Å². The van der Waals surface area contributed by atoms with Crippen LogP contribution in [0.4, 0.5) is 4.39 Å². The third-order valence-electron chi connectivity index (χ3n) is 5.61. The molecule has 8 nitrogen and oxygen atoms in total. The number of halogens is 1. The highest BCUT2D eigenvalue weighted by Crippen LogP contribution is 2.25. The van der Waals surface area contributed by atoms with Crippen LogP contribution < -0.4 is 10.6 Å². The van der Waals surface area contributed by atoms with Crippen LogP contribution in [0.3, 0.4) is 0 Å². The molecular formula is C24H26FN5O3. The fourth-order valence-corrected chi connectivity index (χ4v) is 3.92. The summed E-state index contributed by atoms with van der Waals surface area (Å²) in [6.07, 6.45) is 4.71. The van der Waals surface area contributed by atoms with Crippen molar-refractivity contribution in [1.82, 2.24) is 25.2 Å². The van der Waals surface area contributed by atoms with E-state index in [1.54, 1.807) is 36.8 Å². The molecule has 4 rings (SSSR count). The maximum Gasteiger partial charge on any atom is 0.268 e. The highest BCUT2D eigenvalue weighted by Gasteiger charge is 2.28. The molecule has 1 aliphatic heterocycles. The first-order chi connectivity index (χ1) is 15.9. The van der Waals surface area contributed by atoms with Gasteiger partial charge in [-0.15, -0.1) is 0 Å². The number of ether oxygens (including phenoxy) is 1. The van der Waals surface area contributed by atoms with Crippen molar-refractivity contribution in [3.8, 4) is 0 Å². The van der Waals surface area contributed by atoms with Gasteiger partial charge in [0, 0.05) is 18.9 Å². The number of fused-ring (bicyclic) bond motifs is 1. The van der Waals surface area contributed by atoms with Crippen molar-refractivity contribution in [3.05, 3.63) is 82.9 Å². The number of carbonyl (C=O) groups is 2. The second-order valence-corrected chi connectivity index (χ2v) is 8.22. The zero-order chi connectivity index (χ0) is 23.4. The van der Waals surface area contributed by atoms with Gasteiger partial charge in [-0.3, -0.25) is 19.6 Å². The van der Waals surface area contributed by atoms with E-state index in [2.05, 4.69) is 20.6 Å². The third kappa shape index (κ3) is 5.09. The van der Waals surface area contributed by atoms with E-state index >= 15 is 0 Å². The van der Waals surface area contributed by atoms with Crippen molar-refractivity contribution in [1.29, 1.82) is 0 Å². The quantitative estimate of drug-likeness (QED) is 0.576. The lowest BCUT2D eigenvalue weighted by atomic mass is 9.96. The minimum Gasteiger partial charge on any atom is -0.373 e. The van der Waals surface area contributed by atoms with Gasteiger partial charge in [0.15, 0.2) is 0 Å². The number of amides is 2. The smallest absolute Gasteiger partial charge is 0.268 e. The zero-order valence-corrected chi connectivity index (χ0v) is 18.5. The molecule has 0 fully saturated rings. The van der Waals surface area contributed by atoms with Crippen LogP contribution in [-0.4, -0.2) is 33.0 Å². The molecule has 0 spiro atoms. The van der Waals surface area contributed by atoms with E-state index in [9.17, 15) is 14.0 Å². The van der Waals surface area contributed by atoms with Gasteiger partial charge >= 0.3 is 0 Å². The Kier molecular flexibility index (Phi) is 6.79. The Morgan fingerprint density at radius 2 is 1.97 bits per heavy atom. The Morgan fingerprint density at radius 1 is 1.18 bits per heavy atom. The van der Waals surface area contributed by atoms with Crippen LogP contribution in [0.1, 0.15) is 57.7 Å². The molecule has 0 saturated heterocycles. The van der Waals surface area contributed by atoms with Crippen LogP contribution in [0.15, 0.2) is 48.9 Å². The Balaban J connectivity index is 1.56. The monoisotopic (exact) mass is 451 g/mol. The molecule has 0 aliphatic carbocycles. The maximum absolute atomic E-state index is 13.4. The average Bonchev–Trinajstić information content (AvgIpc) is 3.22. The van der Waals surface area contributed by atoms with Gasteiger partial charge in [-0.05, 0) is 29.7 Å². The number of nitrogens with zero attached hydrogens (tertiary/aromatic N) is 3. The van der Waals surface area contributed by atoms with Crippen LogP contribution in [0.25, 0.3) is 0 Å². The van der Waals surface area contributed by atoms with Crippen LogP contribution in [0.2, 0.25) is 0 Å². The molecule has 172 valence electrons. The van der Waals surface area contributed by atoms with Gasteiger partial charge in [-0.25, -0.2) is 4.39 Å². The van der Waals surface area contributed by atoms with Crippen LogP contribution in [-0.2, 0) is 24.4 Å². The van der Waals surface area contributed by atoms with Gasteiger partial charge in [-0.1, -0.05) is 26.0 Å². The molecule has 1 atom stereocenters. The Labute approximate surface area is 191 Å². The van der Waals surface area contributed by atoms with Crippen molar-refractivity contribution in [2.45, 2.75) is 39.6 Å².